The third kappa shape index (κ3) is 2.49. The number of hydrogen-bond donors (Lipinski definition) is 0. The molecule has 0 radical (unpaired) electrons. The SMILES string of the molecule is Cc1cc(C)c(S(=O)(=O)N2[C@H]3c4ccccc4C[C@@H]3OS2=O)c(C)c1. The maximum atomic E-state index is 13.4. The second-order valence-electron chi connectivity index (χ2n) is 6.69. The standard InChI is InChI=1S/C18H19NO4S2/c1-11-8-12(2)18(13(3)9-11)25(21,22)19-17-15-7-5-4-6-14(15)10-16(17)23-24(19)20/h4-9,16-17H,10H2,1-3H3/t16-,17-,24?/m0/s1. The van der Waals surface area contributed by atoms with Crippen molar-refractivity contribution >= 4 is 21.3 Å². The van der Waals surface area contributed by atoms with Crippen molar-refractivity contribution in [3.05, 3.63) is 64.2 Å². The number of aryl methyl sites for hydroxylation is 3. The lowest BCUT2D eigenvalue weighted by molar-refractivity contribution is 0.230. The molecule has 4 rings (SSSR count). The summed E-state index contributed by atoms with van der Waals surface area (Å²) >= 11 is -2.02. The van der Waals surface area contributed by atoms with Gasteiger partial charge in [0.15, 0.2) is 0 Å². The van der Waals surface area contributed by atoms with E-state index in [0.29, 0.717) is 17.5 Å². The van der Waals surface area contributed by atoms with E-state index in [4.69, 9.17) is 4.18 Å². The largest absolute Gasteiger partial charge is 0.272 e. The minimum Gasteiger partial charge on any atom is -0.272 e. The molecule has 7 heteroatoms. The zero-order chi connectivity index (χ0) is 17.9. The van der Waals surface area contributed by atoms with Crippen LogP contribution < -0.4 is 0 Å². The lowest BCUT2D eigenvalue weighted by atomic mass is 10.1. The highest BCUT2D eigenvalue weighted by Crippen LogP contribution is 2.46. The van der Waals surface area contributed by atoms with Gasteiger partial charge in [0.1, 0.15) is 6.10 Å². The first kappa shape index (κ1) is 16.9. The van der Waals surface area contributed by atoms with Gasteiger partial charge in [-0.25, -0.2) is 12.6 Å². The Labute approximate surface area is 150 Å². The Morgan fingerprint density at radius 2 is 1.76 bits per heavy atom. The van der Waals surface area contributed by atoms with Gasteiger partial charge in [0.25, 0.3) is 21.3 Å². The zero-order valence-corrected chi connectivity index (χ0v) is 15.9. The molecule has 1 aliphatic carbocycles. The zero-order valence-electron chi connectivity index (χ0n) is 14.2. The van der Waals surface area contributed by atoms with E-state index in [2.05, 4.69) is 0 Å². The minimum atomic E-state index is -3.95. The van der Waals surface area contributed by atoms with Crippen LogP contribution in [-0.2, 0) is 31.9 Å². The van der Waals surface area contributed by atoms with E-state index in [1.165, 1.54) is 0 Å². The summed E-state index contributed by atoms with van der Waals surface area (Å²) in [6.45, 7) is 5.47. The fourth-order valence-electron chi connectivity index (χ4n) is 4.01. The molecular formula is C18H19NO4S2. The fraction of sp³-hybridized carbons (Fsp3) is 0.333. The van der Waals surface area contributed by atoms with Gasteiger partial charge >= 0.3 is 0 Å². The van der Waals surface area contributed by atoms with Crippen molar-refractivity contribution in [3.8, 4) is 0 Å². The summed E-state index contributed by atoms with van der Waals surface area (Å²) in [5, 5.41) is 0. The number of fused-ring (bicyclic) bond motifs is 3. The lowest BCUT2D eigenvalue weighted by Crippen LogP contribution is -2.33. The van der Waals surface area contributed by atoms with Gasteiger partial charge < -0.3 is 0 Å². The van der Waals surface area contributed by atoms with E-state index in [1.54, 1.807) is 13.8 Å². The number of nitrogens with zero attached hydrogens (tertiary/aromatic N) is 1. The Morgan fingerprint density at radius 3 is 2.44 bits per heavy atom. The van der Waals surface area contributed by atoms with Crippen LogP contribution in [0.1, 0.15) is 33.9 Å². The number of benzene rings is 2. The summed E-state index contributed by atoms with van der Waals surface area (Å²) in [6, 6.07) is 10.8. The Hall–Kier alpha value is -1.54. The lowest BCUT2D eigenvalue weighted by Gasteiger charge is -2.22. The smallest absolute Gasteiger partial charge is 0.257 e. The van der Waals surface area contributed by atoms with Gasteiger partial charge in [-0.15, -0.1) is 0 Å². The van der Waals surface area contributed by atoms with Crippen LogP contribution in [0.5, 0.6) is 0 Å². The van der Waals surface area contributed by atoms with Crippen molar-refractivity contribution in [1.82, 2.24) is 3.71 Å². The van der Waals surface area contributed by atoms with Gasteiger partial charge in [-0.1, -0.05) is 45.7 Å². The van der Waals surface area contributed by atoms with Gasteiger partial charge in [-0.05, 0) is 43.0 Å². The third-order valence-corrected chi connectivity index (χ3v) is 8.57. The summed E-state index contributed by atoms with van der Waals surface area (Å²) in [5.41, 5.74) is 4.24. The van der Waals surface area contributed by atoms with Crippen LogP contribution in [0.4, 0.5) is 0 Å². The van der Waals surface area contributed by atoms with Crippen LogP contribution in [-0.4, -0.2) is 22.4 Å². The molecule has 2 aliphatic rings. The van der Waals surface area contributed by atoms with Crippen molar-refractivity contribution in [2.45, 2.75) is 44.2 Å². The van der Waals surface area contributed by atoms with Gasteiger partial charge in [0.2, 0.25) is 0 Å². The highest BCUT2D eigenvalue weighted by Gasteiger charge is 2.53. The highest BCUT2D eigenvalue weighted by molar-refractivity contribution is 7.99. The molecule has 1 saturated heterocycles. The topological polar surface area (TPSA) is 63.7 Å². The first-order valence-corrected chi connectivity index (χ1v) is 10.6. The van der Waals surface area contributed by atoms with Crippen LogP contribution in [0.25, 0.3) is 0 Å². The molecule has 0 N–H and O–H groups in total. The van der Waals surface area contributed by atoms with E-state index in [-0.39, 0.29) is 4.90 Å². The van der Waals surface area contributed by atoms with E-state index in [0.717, 1.165) is 20.4 Å². The van der Waals surface area contributed by atoms with Crippen molar-refractivity contribution in [2.75, 3.05) is 0 Å². The summed E-state index contributed by atoms with van der Waals surface area (Å²) in [6.07, 6.45) is 0.170. The number of rotatable bonds is 2. The van der Waals surface area contributed by atoms with Crippen LogP contribution in [0.3, 0.4) is 0 Å². The Balaban J connectivity index is 1.88. The average molecular weight is 377 g/mol. The molecule has 2 aromatic rings. The molecule has 1 heterocycles. The fourth-order valence-corrected chi connectivity index (χ4v) is 7.54. The predicted molar refractivity (Wildman–Crippen MR) is 95.6 cm³/mol. The maximum absolute atomic E-state index is 13.4. The molecular weight excluding hydrogens is 358 g/mol. The van der Waals surface area contributed by atoms with Crippen molar-refractivity contribution in [1.29, 1.82) is 0 Å². The summed E-state index contributed by atoms with van der Waals surface area (Å²) in [4.78, 5) is 0.222. The minimum absolute atomic E-state index is 0.222. The predicted octanol–water partition coefficient (Wildman–Crippen LogP) is 2.88. The van der Waals surface area contributed by atoms with Gasteiger partial charge in [-0.3, -0.25) is 4.18 Å². The second kappa shape index (κ2) is 5.74. The normalized spacial score (nSPS) is 25.8. The van der Waals surface area contributed by atoms with Gasteiger partial charge in [-0.2, -0.15) is 0 Å². The van der Waals surface area contributed by atoms with Gasteiger partial charge in [0, 0.05) is 6.42 Å². The molecule has 0 bridgehead atoms. The molecule has 2 aromatic carbocycles. The molecule has 1 aliphatic heterocycles. The Bertz CT molecular complexity index is 977. The molecule has 0 saturated carbocycles. The van der Waals surface area contributed by atoms with E-state index >= 15 is 0 Å². The number of sulfonamides is 1. The summed E-state index contributed by atoms with van der Waals surface area (Å²) in [5.74, 6) is 0. The first-order valence-electron chi connectivity index (χ1n) is 8.10. The monoisotopic (exact) mass is 377 g/mol. The Kier molecular flexibility index (Phi) is 3.88. The van der Waals surface area contributed by atoms with Crippen LogP contribution in [0.2, 0.25) is 0 Å². The molecule has 3 atom stereocenters. The summed E-state index contributed by atoms with van der Waals surface area (Å²) < 4.78 is 45.9. The molecule has 25 heavy (non-hydrogen) atoms. The third-order valence-electron chi connectivity index (χ3n) is 4.83. The highest BCUT2D eigenvalue weighted by atomic mass is 32.3. The van der Waals surface area contributed by atoms with E-state index in [9.17, 15) is 12.6 Å². The van der Waals surface area contributed by atoms with Crippen LogP contribution >= 0.6 is 0 Å². The van der Waals surface area contributed by atoms with Crippen molar-refractivity contribution in [3.63, 3.8) is 0 Å². The summed E-state index contributed by atoms with van der Waals surface area (Å²) in [7, 11) is -3.95. The number of hydrogen-bond acceptors (Lipinski definition) is 4. The molecule has 0 amide bonds. The molecule has 0 aromatic heterocycles. The van der Waals surface area contributed by atoms with E-state index in [1.807, 2.05) is 43.3 Å². The molecule has 5 nitrogen and oxygen atoms in total. The molecule has 0 spiro atoms. The maximum Gasteiger partial charge on any atom is 0.257 e. The quantitative estimate of drug-likeness (QED) is 0.807. The molecule has 1 unspecified atom stereocenters. The van der Waals surface area contributed by atoms with Crippen LogP contribution in [0.15, 0.2) is 41.3 Å². The molecule has 132 valence electrons. The first-order chi connectivity index (χ1) is 11.8. The Morgan fingerprint density at radius 1 is 1.12 bits per heavy atom. The van der Waals surface area contributed by atoms with Gasteiger partial charge in [0.05, 0.1) is 10.9 Å². The average Bonchev–Trinajstić information content (AvgIpc) is 2.99. The van der Waals surface area contributed by atoms with E-state index < -0.39 is 33.4 Å². The van der Waals surface area contributed by atoms with Crippen molar-refractivity contribution < 1.29 is 16.8 Å². The van der Waals surface area contributed by atoms with Crippen molar-refractivity contribution in [2.24, 2.45) is 0 Å². The van der Waals surface area contributed by atoms with Crippen LogP contribution in [0, 0.1) is 20.8 Å². The molecule has 1 fully saturated rings. The second-order valence-corrected chi connectivity index (χ2v) is 9.69.